The third-order valence-electron chi connectivity index (χ3n) is 6.86. The summed E-state index contributed by atoms with van der Waals surface area (Å²) in [5.74, 6) is -1.26. The molecule has 0 aliphatic heterocycles. The number of fused-ring (bicyclic) bond motifs is 2. The highest BCUT2D eigenvalue weighted by molar-refractivity contribution is 9.10. The van der Waals surface area contributed by atoms with Crippen LogP contribution in [0.2, 0.25) is 0 Å². The van der Waals surface area contributed by atoms with Crippen LogP contribution in [0, 0.1) is 5.92 Å². The molecule has 0 fully saturated rings. The maximum Gasteiger partial charge on any atom is 0.318 e. The van der Waals surface area contributed by atoms with Gasteiger partial charge < -0.3 is 19.3 Å². The molecule has 4 rings (SSSR count). The van der Waals surface area contributed by atoms with E-state index in [0.717, 1.165) is 27.5 Å². The summed E-state index contributed by atoms with van der Waals surface area (Å²) in [6, 6.07) is 17.7. The summed E-state index contributed by atoms with van der Waals surface area (Å²) >= 11 is 3.61. The van der Waals surface area contributed by atoms with Gasteiger partial charge in [0.05, 0.1) is 17.0 Å². The van der Waals surface area contributed by atoms with Gasteiger partial charge in [-0.25, -0.2) is 0 Å². The van der Waals surface area contributed by atoms with Crippen LogP contribution in [0.25, 0.3) is 16.8 Å². The second kappa shape index (κ2) is 12.0. The second-order valence-corrected chi connectivity index (χ2v) is 13.4. The van der Waals surface area contributed by atoms with Gasteiger partial charge in [0, 0.05) is 13.0 Å². The Morgan fingerprint density at radius 2 is 1.59 bits per heavy atom. The fourth-order valence-electron chi connectivity index (χ4n) is 5.18. The van der Waals surface area contributed by atoms with Gasteiger partial charge >= 0.3 is 11.9 Å². The molecule has 0 heterocycles. The molecular weight excluding hydrogens is 584 g/mol. The lowest BCUT2D eigenvalue weighted by Crippen LogP contribution is -2.52. The minimum absolute atomic E-state index is 0.0434. The SMILES string of the molecule is CC(C)(C)OC(=O)C1C=Cc2cc3ccccc3cc2C1(Cc1ccc(OCCCO)c(Br)c1)C(=O)OC(C)(C)C. The van der Waals surface area contributed by atoms with E-state index in [4.69, 9.17) is 19.3 Å². The van der Waals surface area contributed by atoms with Crippen LogP contribution in [-0.2, 0) is 30.9 Å². The van der Waals surface area contributed by atoms with Crippen LogP contribution in [0.3, 0.4) is 0 Å². The molecule has 0 saturated carbocycles. The van der Waals surface area contributed by atoms with Crippen molar-refractivity contribution in [1.82, 2.24) is 0 Å². The molecule has 1 aliphatic carbocycles. The normalized spacial score (nSPS) is 18.6. The lowest BCUT2D eigenvalue weighted by atomic mass is 9.62. The third-order valence-corrected chi connectivity index (χ3v) is 7.48. The first-order valence-electron chi connectivity index (χ1n) is 13.9. The first-order valence-corrected chi connectivity index (χ1v) is 14.7. The average Bonchev–Trinajstić information content (AvgIpc) is 2.87. The van der Waals surface area contributed by atoms with E-state index in [9.17, 15) is 9.59 Å². The van der Waals surface area contributed by atoms with Gasteiger partial charge in [-0.2, -0.15) is 0 Å². The zero-order chi connectivity index (χ0) is 30.0. The summed E-state index contributed by atoms with van der Waals surface area (Å²) < 4.78 is 18.5. The van der Waals surface area contributed by atoms with Gasteiger partial charge in [0.2, 0.25) is 0 Å². The van der Waals surface area contributed by atoms with Crippen molar-refractivity contribution in [2.45, 2.75) is 71.0 Å². The lowest BCUT2D eigenvalue weighted by Gasteiger charge is -2.42. The largest absolute Gasteiger partial charge is 0.492 e. The van der Waals surface area contributed by atoms with E-state index < -0.39 is 34.5 Å². The third kappa shape index (κ3) is 7.02. The van der Waals surface area contributed by atoms with Crippen molar-refractivity contribution in [3.8, 4) is 5.75 Å². The molecule has 3 aromatic rings. The molecule has 0 radical (unpaired) electrons. The summed E-state index contributed by atoms with van der Waals surface area (Å²) in [6.07, 6.45) is 4.41. The molecule has 0 spiro atoms. The van der Waals surface area contributed by atoms with Crippen LogP contribution in [0.5, 0.6) is 5.75 Å². The summed E-state index contributed by atoms with van der Waals surface area (Å²) in [5, 5.41) is 11.1. The Labute approximate surface area is 250 Å². The predicted octanol–water partition coefficient (Wildman–Crippen LogP) is 7.17. The molecule has 0 aromatic heterocycles. The Morgan fingerprint density at radius 1 is 0.927 bits per heavy atom. The monoisotopic (exact) mass is 622 g/mol. The molecule has 2 atom stereocenters. The van der Waals surface area contributed by atoms with Gasteiger partial charge in [-0.1, -0.05) is 42.5 Å². The minimum Gasteiger partial charge on any atom is -0.492 e. The molecule has 6 nitrogen and oxygen atoms in total. The van der Waals surface area contributed by atoms with Crippen LogP contribution in [0.1, 0.15) is 64.7 Å². The molecule has 41 heavy (non-hydrogen) atoms. The van der Waals surface area contributed by atoms with Crippen molar-refractivity contribution < 1.29 is 28.9 Å². The van der Waals surface area contributed by atoms with E-state index in [2.05, 4.69) is 22.0 Å². The standard InChI is InChI=1S/C34H39BrO6/c1-32(2,3)40-30(37)26-14-13-25-19-23-10-7-8-11-24(23)20-27(25)34(26,31(38)41-33(4,5)6)21-22-12-15-29(28(35)18-22)39-17-9-16-36/h7-8,10-15,18-20,26,36H,9,16-17,21H2,1-6H3. The summed E-state index contributed by atoms with van der Waals surface area (Å²) in [4.78, 5) is 28.4. The first kappa shape index (κ1) is 30.8. The van der Waals surface area contributed by atoms with E-state index in [0.29, 0.717) is 23.2 Å². The number of benzene rings is 3. The van der Waals surface area contributed by atoms with E-state index in [-0.39, 0.29) is 13.0 Å². The number of aliphatic hydroxyl groups excluding tert-OH is 1. The molecule has 1 aliphatic rings. The second-order valence-electron chi connectivity index (χ2n) is 12.5. The van der Waals surface area contributed by atoms with Crippen molar-refractivity contribution in [2.75, 3.05) is 13.2 Å². The Hall–Kier alpha value is -3.16. The highest BCUT2D eigenvalue weighted by Gasteiger charge is 2.55. The zero-order valence-corrected chi connectivity index (χ0v) is 26.2. The Bertz CT molecular complexity index is 1460. The number of esters is 2. The first-order chi connectivity index (χ1) is 19.2. The number of ether oxygens (including phenoxy) is 3. The maximum atomic E-state index is 14.5. The van der Waals surface area contributed by atoms with E-state index in [1.807, 2.05) is 96.1 Å². The Kier molecular flexibility index (Phi) is 9.00. The predicted molar refractivity (Wildman–Crippen MR) is 165 cm³/mol. The number of halogens is 1. The molecular formula is C34H39BrO6. The number of carbonyl (C=O) groups excluding carboxylic acids is 2. The molecule has 0 bridgehead atoms. The van der Waals surface area contributed by atoms with Crippen molar-refractivity contribution in [3.05, 3.63) is 81.8 Å². The molecule has 1 N–H and O–H groups in total. The summed E-state index contributed by atoms with van der Waals surface area (Å²) in [7, 11) is 0. The van der Waals surface area contributed by atoms with Crippen molar-refractivity contribution >= 4 is 44.7 Å². The fraction of sp³-hybridized carbons (Fsp3) is 0.412. The van der Waals surface area contributed by atoms with Gasteiger partial charge in [0.1, 0.15) is 22.4 Å². The van der Waals surface area contributed by atoms with Gasteiger partial charge in [-0.3, -0.25) is 9.59 Å². The average molecular weight is 624 g/mol. The van der Waals surface area contributed by atoms with Crippen molar-refractivity contribution in [1.29, 1.82) is 0 Å². The molecule has 2 unspecified atom stereocenters. The summed E-state index contributed by atoms with van der Waals surface area (Å²) in [5.41, 5.74) is -0.528. The molecule has 3 aromatic carbocycles. The van der Waals surface area contributed by atoms with Crippen molar-refractivity contribution in [3.63, 3.8) is 0 Å². The summed E-state index contributed by atoms with van der Waals surface area (Å²) in [6.45, 7) is 11.4. The van der Waals surface area contributed by atoms with E-state index in [1.165, 1.54) is 0 Å². The van der Waals surface area contributed by atoms with Crippen LogP contribution < -0.4 is 4.74 Å². The van der Waals surface area contributed by atoms with Crippen LogP contribution in [0.4, 0.5) is 0 Å². The van der Waals surface area contributed by atoms with E-state index in [1.54, 1.807) is 6.08 Å². The maximum absolute atomic E-state index is 14.5. The number of carbonyl (C=O) groups is 2. The number of rotatable bonds is 8. The van der Waals surface area contributed by atoms with E-state index >= 15 is 0 Å². The number of aliphatic hydroxyl groups is 1. The topological polar surface area (TPSA) is 82.1 Å². The minimum atomic E-state index is -1.40. The van der Waals surface area contributed by atoms with Crippen molar-refractivity contribution in [2.24, 2.45) is 5.92 Å². The lowest BCUT2D eigenvalue weighted by molar-refractivity contribution is -0.174. The van der Waals surface area contributed by atoms with Gasteiger partial charge in [0.25, 0.3) is 0 Å². The highest BCUT2D eigenvalue weighted by atomic mass is 79.9. The Morgan fingerprint density at radius 3 is 2.20 bits per heavy atom. The van der Waals surface area contributed by atoms with Gasteiger partial charge in [0.15, 0.2) is 0 Å². The van der Waals surface area contributed by atoms with Crippen LogP contribution in [-0.4, -0.2) is 41.5 Å². The Balaban J connectivity index is 1.93. The number of hydrogen-bond donors (Lipinski definition) is 1. The number of hydrogen-bond acceptors (Lipinski definition) is 6. The zero-order valence-electron chi connectivity index (χ0n) is 24.6. The molecule has 0 amide bonds. The van der Waals surface area contributed by atoms with Gasteiger partial charge in [-0.15, -0.1) is 0 Å². The van der Waals surface area contributed by atoms with Crippen LogP contribution >= 0.6 is 15.9 Å². The highest BCUT2D eigenvalue weighted by Crippen LogP contribution is 2.47. The van der Waals surface area contributed by atoms with Gasteiger partial charge in [-0.05, 0) is 116 Å². The smallest absolute Gasteiger partial charge is 0.318 e. The molecule has 0 saturated heterocycles. The molecule has 7 heteroatoms. The molecule has 218 valence electrons. The quantitative estimate of drug-likeness (QED) is 0.212. The fourth-order valence-corrected chi connectivity index (χ4v) is 5.72. The van der Waals surface area contributed by atoms with Crippen LogP contribution in [0.15, 0.2) is 65.1 Å².